The number of aliphatic hydroxyl groups is 1. The van der Waals surface area contributed by atoms with Crippen molar-refractivity contribution >= 4 is 51.7 Å². The smallest absolute Gasteiger partial charge is 0.324 e. The van der Waals surface area contributed by atoms with Crippen LogP contribution < -0.4 is 25.4 Å². The number of nitrogens with zero attached hydrogens (tertiary/aromatic N) is 5. The van der Waals surface area contributed by atoms with Crippen molar-refractivity contribution in [3.8, 4) is 23.2 Å². The molecular formula is C36H36N8O4S. The number of ether oxygens (including phenoxy) is 2. The molecule has 0 saturated carbocycles. The van der Waals surface area contributed by atoms with Gasteiger partial charge in [0.05, 0.1) is 37.0 Å². The van der Waals surface area contributed by atoms with Crippen LogP contribution in [-0.4, -0.2) is 55.3 Å². The van der Waals surface area contributed by atoms with Crippen molar-refractivity contribution in [2.24, 2.45) is 0 Å². The Morgan fingerprint density at radius 1 is 0.918 bits per heavy atom. The van der Waals surface area contributed by atoms with Gasteiger partial charge in [-0.3, -0.25) is 5.32 Å². The van der Waals surface area contributed by atoms with E-state index in [2.05, 4.69) is 51.7 Å². The van der Waals surface area contributed by atoms with E-state index in [9.17, 15) is 4.79 Å². The molecule has 4 N–H and O–H groups in total. The van der Waals surface area contributed by atoms with Crippen molar-refractivity contribution in [1.82, 2.24) is 24.7 Å². The zero-order valence-corrected chi connectivity index (χ0v) is 28.3. The van der Waals surface area contributed by atoms with Gasteiger partial charge in [0, 0.05) is 56.9 Å². The van der Waals surface area contributed by atoms with Crippen LogP contribution in [0.25, 0.3) is 16.5 Å². The number of aliphatic hydroxyl groups excluding tert-OH is 1. The summed E-state index contributed by atoms with van der Waals surface area (Å²) in [4.78, 5) is 27.7. The molecule has 49 heavy (non-hydrogen) atoms. The van der Waals surface area contributed by atoms with E-state index in [1.807, 2.05) is 60.7 Å². The number of benzene rings is 3. The molecule has 6 aromatic rings. The number of hydrogen-bond acceptors (Lipinski definition) is 10. The lowest BCUT2D eigenvalue weighted by Crippen LogP contribution is -2.21. The predicted octanol–water partition coefficient (Wildman–Crippen LogP) is 7.78. The molecule has 0 radical (unpaired) electrons. The van der Waals surface area contributed by atoms with Crippen molar-refractivity contribution < 1.29 is 19.4 Å². The number of anilines is 4. The van der Waals surface area contributed by atoms with Gasteiger partial charge in [0.1, 0.15) is 11.6 Å². The number of fused-ring (bicyclic) bond motifs is 1. The van der Waals surface area contributed by atoms with E-state index in [1.165, 1.54) is 0 Å². The number of hydrogen-bond donors (Lipinski definition) is 4. The first-order valence-corrected chi connectivity index (χ1v) is 16.5. The van der Waals surface area contributed by atoms with Gasteiger partial charge in [-0.05, 0) is 36.4 Å². The first-order valence-electron chi connectivity index (χ1n) is 15.5. The van der Waals surface area contributed by atoms with E-state index < -0.39 is 6.03 Å². The molecule has 3 heterocycles. The second-order valence-electron chi connectivity index (χ2n) is 11.9. The lowest BCUT2D eigenvalue weighted by atomic mass is 9.92. The van der Waals surface area contributed by atoms with Crippen LogP contribution in [-0.2, 0) is 5.41 Å². The van der Waals surface area contributed by atoms with Gasteiger partial charge in [0.2, 0.25) is 17.7 Å². The SMILES string of the molecule is COc1ccc(-n2nc(C(C)(C)C)cc2NC(=O)Nc2ccc(Oc3ccnc(Nc4cccc(SCCO)c4)n3)c3ccccc23)cn1. The topological polar surface area (TPSA) is 148 Å². The number of nitrogens with one attached hydrogen (secondary N) is 3. The zero-order chi connectivity index (χ0) is 34.4. The molecule has 0 spiro atoms. The van der Waals surface area contributed by atoms with Crippen LogP contribution in [0.2, 0.25) is 0 Å². The highest BCUT2D eigenvalue weighted by Gasteiger charge is 2.22. The lowest BCUT2D eigenvalue weighted by molar-refractivity contribution is 0.262. The number of pyridine rings is 1. The summed E-state index contributed by atoms with van der Waals surface area (Å²) in [7, 11) is 1.56. The summed E-state index contributed by atoms with van der Waals surface area (Å²) < 4.78 is 13.1. The molecule has 0 fully saturated rings. The molecule has 6 rings (SSSR count). The van der Waals surface area contributed by atoms with E-state index >= 15 is 0 Å². The number of methoxy groups -OCH3 is 1. The first-order chi connectivity index (χ1) is 23.7. The molecule has 0 aliphatic rings. The molecule has 2 amide bonds. The van der Waals surface area contributed by atoms with E-state index in [1.54, 1.807) is 60.2 Å². The Kier molecular flexibility index (Phi) is 9.92. The molecule has 0 unspecified atom stereocenters. The fourth-order valence-corrected chi connectivity index (χ4v) is 5.63. The maximum absolute atomic E-state index is 13.4. The third kappa shape index (κ3) is 8.08. The molecule has 13 heteroatoms. The summed E-state index contributed by atoms with van der Waals surface area (Å²) in [5, 5.41) is 24.6. The number of amides is 2. The van der Waals surface area contributed by atoms with Gasteiger partial charge in [-0.25, -0.2) is 19.4 Å². The number of thioether (sulfide) groups is 1. The Balaban J connectivity index is 1.20. The molecule has 250 valence electrons. The Bertz CT molecular complexity index is 2080. The predicted molar refractivity (Wildman–Crippen MR) is 193 cm³/mol. The van der Waals surface area contributed by atoms with Gasteiger partial charge in [-0.1, -0.05) is 51.1 Å². The van der Waals surface area contributed by atoms with Crippen molar-refractivity contribution in [3.05, 3.63) is 103 Å². The van der Waals surface area contributed by atoms with Gasteiger partial charge in [-0.15, -0.1) is 11.8 Å². The summed E-state index contributed by atoms with van der Waals surface area (Å²) in [5.74, 6) is 2.87. The Labute approximate surface area is 287 Å². The van der Waals surface area contributed by atoms with Gasteiger partial charge in [0.15, 0.2) is 0 Å². The monoisotopic (exact) mass is 676 g/mol. The van der Waals surface area contributed by atoms with Gasteiger partial charge < -0.3 is 25.2 Å². The molecule has 3 aromatic carbocycles. The molecule has 0 atom stereocenters. The highest BCUT2D eigenvalue weighted by Crippen LogP contribution is 2.35. The quantitative estimate of drug-likeness (QED) is 0.100. The minimum Gasteiger partial charge on any atom is -0.481 e. The van der Waals surface area contributed by atoms with Crippen molar-refractivity contribution in [1.29, 1.82) is 0 Å². The maximum atomic E-state index is 13.4. The Morgan fingerprint density at radius 2 is 1.76 bits per heavy atom. The van der Waals surface area contributed by atoms with Crippen molar-refractivity contribution in [2.45, 2.75) is 31.1 Å². The molecule has 0 aliphatic carbocycles. The molecule has 12 nitrogen and oxygen atoms in total. The summed E-state index contributed by atoms with van der Waals surface area (Å²) >= 11 is 1.56. The molecule has 0 aliphatic heterocycles. The average Bonchev–Trinajstić information content (AvgIpc) is 3.53. The van der Waals surface area contributed by atoms with Crippen LogP contribution in [0.5, 0.6) is 17.5 Å². The third-order valence-electron chi connectivity index (χ3n) is 7.32. The maximum Gasteiger partial charge on any atom is 0.324 e. The molecule has 3 aromatic heterocycles. The van der Waals surface area contributed by atoms with Crippen LogP contribution >= 0.6 is 11.8 Å². The van der Waals surface area contributed by atoms with E-state index in [4.69, 9.17) is 19.7 Å². The Hall–Kier alpha value is -5.66. The normalized spacial score (nSPS) is 11.3. The molecule has 0 bridgehead atoms. The largest absolute Gasteiger partial charge is 0.481 e. The zero-order valence-electron chi connectivity index (χ0n) is 27.5. The average molecular weight is 677 g/mol. The fraction of sp³-hybridized carbons (Fsp3) is 0.194. The lowest BCUT2D eigenvalue weighted by Gasteiger charge is -2.14. The van der Waals surface area contributed by atoms with Gasteiger partial charge >= 0.3 is 6.03 Å². The van der Waals surface area contributed by atoms with Gasteiger partial charge in [-0.2, -0.15) is 10.1 Å². The Morgan fingerprint density at radius 3 is 2.51 bits per heavy atom. The van der Waals surface area contributed by atoms with Crippen molar-refractivity contribution in [2.75, 3.05) is 35.4 Å². The highest BCUT2D eigenvalue weighted by molar-refractivity contribution is 7.99. The van der Waals surface area contributed by atoms with E-state index in [0.29, 0.717) is 46.4 Å². The summed E-state index contributed by atoms with van der Waals surface area (Å²) in [6.07, 6.45) is 3.26. The minimum atomic E-state index is -0.438. The third-order valence-corrected chi connectivity index (χ3v) is 8.29. The molecular weight excluding hydrogens is 641 g/mol. The summed E-state index contributed by atoms with van der Waals surface area (Å²) in [6.45, 7) is 6.29. The van der Waals surface area contributed by atoms with Crippen molar-refractivity contribution in [3.63, 3.8) is 0 Å². The second-order valence-corrected chi connectivity index (χ2v) is 13.1. The van der Waals surface area contributed by atoms with Crippen LogP contribution in [0.3, 0.4) is 0 Å². The van der Waals surface area contributed by atoms with Crippen LogP contribution in [0.1, 0.15) is 26.5 Å². The second kappa shape index (κ2) is 14.6. The molecule has 0 saturated heterocycles. The van der Waals surface area contributed by atoms with E-state index in [0.717, 1.165) is 27.0 Å². The summed E-state index contributed by atoms with van der Waals surface area (Å²) in [5.41, 5.74) is 2.64. The first kappa shape index (κ1) is 33.2. The number of carbonyl (C=O) groups excluding carboxylic acids is 1. The highest BCUT2D eigenvalue weighted by atomic mass is 32.2. The standard InChI is InChI=1S/C36H36N8O4S/c1-36(2,3)30-21-31(44(43-30)24-12-15-32(47-4)38-22-24)41-35(46)40-28-13-14-29(27-11-6-5-10-26(27)28)48-33-16-17-37-34(42-33)39-23-8-7-9-25(20-23)49-19-18-45/h5-17,20-22,45H,18-19H2,1-4H3,(H,37,39,42)(H2,40,41,46). The van der Waals surface area contributed by atoms with Crippen LogP contribution in [0.4, 0.5) is 27.9 Å². The minimum absolute atomic E-state index is 0.109. The van der Waals surface area contributed by atoms with Crippen LogP contribution in [0.15, 0.2) is 102 Å². The number of aromatic nitrogens is 5. The number of rotatable bonds is 11. The summed E-state index contributed by atoms with van der Waals surface area (Å²) in [6, 6.07) is 25.7. The van der Waals surface area contributed by atoms with Crippen LogP contribution in [0, 0.1) is 0 Å². The van der Waals surface area contributed by atoms with E-state index in [-0.39, 0.29) is 12.0 Å². The number of urea groups is 1. The fourth-order valence-electron chi connectivity index (χ4n) is 4.92. The number of carbonyl (C=O) groups is 1. The van der Waals surface area contributed by atoms with Gasteiger partial charge in [0.25, 0.3) is 0 Å².